The minimum Gasteiger partial charge on any atom is -0.0654 e. The molecule has 0 aromatic heterocycles. The maximum atomic E-state index is 2.49. The third-order valence-corrected chi connectivity index (χ3v) is 6.64. The van der Waals surface area contributed by atoms with Crippen LogP contribution in [0.5, 0.6) is 0 Å². The largest absolute Gasteiger partial charge is 0.0654 e. The van der Waals surface area contributed by atoms with Crippen LogP contribution in [-0.4, -0.2) is 0 Å². The Kier molecular flexibility index (Phi) is 22.3. The van der Waals surface area contributed by atoms with E-state index in [-0.39, 0.29) is 0 Å². The van der Waals surface area contributed by atoms with Gasteiger partial charge in [0, 0.05) is 0 Å². The molecule has 0 rings (SSSR count). The Bertz CT molecular complexity index is 257. The highest BCUT2D eigenvalue weighted by atomic mass is 14.1. The van der Waals surface area contributed by atoms with Crippen molar-refractivity contribution in [2.75, 3.05) is 0 Å². The molecule has 0 N–H and O–H groups in total. The maximum Gasteiger partial charge on any atom is -0.0443 e. The van der Waals surface area contributed by atoms with Gasteiger partial charge < -0.3 is 0 Å². The predicted molar refractivity (Wildman–Crippen MR) is 127 cm³/mol. The lowest BCUT2D eigenvalue weighted by Crippen LogP contribution is -1.95. The summed E-state index contributed by atoms with van der Waals surface area (Å²) in [4.78, 5) is 0. The smallest absolute Gasteiger partial charge is 0.0443 e. The van der Waals surface area contributed by atoms with E-state index in [0.29, 0.717) is 0 Å². The van der Waals surface area contributed by atoms with Gasteiger partial charge in [0.2, 0.25) is 0 Å². The fraction of sp³-hybridized carbons (Fsp3) is 1.00. The molecule has 164 valence electrons. The first-order chi connectivity index (χ1) is 13.2. The zero-order valence-corrected chi connectivity index (χ0v) is 20.0. The lowest BCUT2D eigenvalue weighted by atomic mass is 9.95. The van der Waals surface area contributed by atoms with E-state index in [2.05, 4.69) is 27.7 Å². The summed E-state index contributed by atoms with van der Waals surface area (Å²) < 4.78 is 0. The second-order valence-electron chi connectivity index (χ2n) is 9.64. The Labute approximate surface area is 174 Å². The Balaban J connectivity index is 3.15. The molecular formula is C27H56. The summed E-state index contributed by atoms with van der Waals surface area (Å²) in [5.41, 5.74) is 0. The number of hydrogen-bond donors (Lipinski definition) is 0. The van der Waals surface area contributed by atoms with Gasteiger partial charge in [-0.1, -0.05) is 163 Å². The molecule has 0 aliphatic carbocycles. The van der Waals surface area contributed by atoms with Crippen LogP contribution in [-0.2, 0) is 0 Å². The summed E-state index contributed by atoms with van der Waals surface area (Å²) in [6, 6.07) is 0. The van der Waals surface area contributed by atoms with Crippen LogP contribution in [0.25, 0.3) is 0 Å². The van der Waals surface area contributed by atoms with Gasteiger partial charge in [0.1, 0.15) is 0 Å². The summed E-state index contributed by atoms with van der Waals surface area (Å²) in [5.74, 6) is 1.92. The predicted octanol–water partition coefficient (Wildman–Crippen LogP) is 10.5. The van der Waals surface area contributed by atoms with Gasteiger partial charge in [-0.25, -0.2) is 0 Å². The molecule has 0 saturated heterocycles. The highest BCUT2D eigenvalue weighted by Gasteiger charge is 2.02. The van der Waals surface area contributed by atoms with Gasteiger partial charge in [0.15, 0.2) is 0 Å². The van der Waals surface area contributed by atoms with Gasteiger partial charge >= 0.3 is 0 Å². The average Bonchev–Trinajstić information content (AvgIpc) is 2.67. The molecule has 0 fully saturated rings. The molecule has 0 amide bonds. The zero-order chi connectivity index (χ0) is 20.0. The van der Waals surface area contributed by atoms with Crippen LogP contribution in [0.15, 0.2) is 0 Å². The van der Waals surface area contributed by atoms with Gasteiger partial charge in [0.25, 0.3) is 0 Å². The van der Waals surface area contributed by atoms with Crippen molar-refractivity contribution in [2.24, 2.45) is 11.8 Å². The Morgan fingerprint density at radius 3 is 1.00 bits per heavy atom. The molecule has 0 aromatic rings. The van der Waals surface area contributed by atoms with E-state index < -0.39 is 0 Å². The fourth-order valence-electron chi connectivity index (χ4n) is 4.20. The summed E-state index contributed by atoms with van der Waals surface area (Å²) >= 11 is 0. The Hall–Kier alpha value is 0. The van der Waals surface area contributed by atoms with Crippen LogP contribution < -0.4 is 0 Å². The lowest BCUT2D eigenvalue weighted by Gasteiger charge is -2.11. The third-order valence-electron chi connectivity index (χ3n) is 6.64. The van der Waals surface area contributed by atoms with E-state index in [1.807, 2.05) is 0 Å². The van der Waals surface area contributed by atoms with Gasteiger partial charge in [-0.3, -0.25) is 0 Å². The van der Waals surface area contributed by atoms with Crippen molar-refractivity contribution in [3.05, 3.63) is 0 Å². The third kappa shape index (κ3) is 22.2. The zero-order valence-electron chi connectivity index (χ0n) is 20.0. The first-order valence-corrected chi connectivity index (χ1v) is 13.2. The monoisotopic (exact) mass is 380 g/mol. The quantitative estimate of drug-likeness (QED) is 0.164. The molecule has 0 aliphatic rings. The van der Waals surface area contributed by atoms with Gasteiger partial charge in [-0.15, -0.1) is 0 Å². The standard InChI is InChI=1S/C27H56/c1-5-7-8-9-10-14-18-21-24-27(4)25-22-19-16-13-11-12-15-17-20-23-26(3)6-2/h26-27H,5-25H2,1-4H3. The molecule has 0 saturated carbocycles. The number of rotatable bonds is 22. The molecule has 27 heavy (non-hydrogen) atoms. The minimum absolute atomic E-state index is 0.947. The molecule has 0 nitrogen and oxygen atoms in total. The van der Waals surface area contributed by atoms with E-state index in [0.717, 1.165) is 11.8 Å². The second kappa shape index (κ2) is 22.3. The van der Waals surface area contributed by atoms with Crippen molar-refractivity contribution in [1.29, 1.82) is 0 Å². The van der Waals surface area contributed by atoms with Gasteiger partial charge in [-0.05, 0) is 11.8 Å². The van der Waals surface area contributed by atoms with Crippen molar-refractivity contribution >= 4 is 0 Å². The van der Waals surface area contributed by atoms with Crippen molar-refractivity contribution < 1.29 is 0 Å². The molecule has 0 spiro atoms. The summed E-state index contributed by atoms with van der Waals surface area (Å²) in [6.07, 6.45) is 30.7. The van der Waals surface area contributed by atoms with Crippen LogP contribution in [0.1, 0.15) is 163 Å². The minimum atomic E-state index is 0.947. The molecule has 2 atom stereocenters. The molecule has 0 radical (unpaired) electrons. The van der Waals surface area contributed by atoms with Crippen LogP contribution in [0.4, 0.5) is 0 Å². The van der Waals surface area contributed by atoms with Crippen molar-refractivity contribution in [2.45, 2.75) is 163 Å². The van der Waals surface area contributed by atoms with E-state index in [1.54, 1.807) is 0 Å². The van der Waals surface area contributed by atoms with Gasteiger partial charge in [0.05, 0.1) is 0 Å². The summed E-state index contributed by atoms with van der Waals surface area (Å²) in [7, 11) is 0. The Morgan fingerprint density at radius 1 is 0.370 bits per heavy atom. The van der Waals surface area contributed by atoms with Gasteiger partial charge in [-0.2, -0.15) is 0 Å². The van der Waals surface area contributed by atoms with Crippen molar-refractivity contribution in [3.63, 3.8) is 0 Å². The van der Waals surface area contributed by atoms with E-state index in [4.69, 9.17) is 0 Å². The summed E-state index contributed by atoms with van der Waals surface area (Å²) in [5, 5.41) is 0. The molecular weight excluding hydrogens is 324 g/mol. The van der Waals surface area contributed by atoms with Crippen LogP contribution in [0.3, 0.4) is 0 Å². The first kappa shape index (κ1) is 27.0. The van der Waals surface area contributed by atoms with Crippen LogP contribution in [0.2, 0.25) is 0 Å². The fourth-order valence-corrected chi connectivity index (χ4v) is 4.20. The molecule has 0 bridgehead atoms. The molecule has 2 unspecified atom stereocenters. The second-order valence-corrected chi connectivity index (χ2v) is 9.64. The average molecular weight is 381 g/mol. The maximum absolute atomic E-state index is 2.49. The molecule has 0 heterocycles. The van der Waals surface area contributed by atoms with E-state index in [9.17, 15) is 0 Å². The van der Waals surface area contributed by atoms with Crippen molar-refractivity contribution in [3.8, 4) is 0 Å². The first-order valence-electron chi connectivity index (χ1n) is 13.2. The van der Waals surface area contributed by atoms with E-state index >= 15 is 0 Å². The van der Waals surface area contributed by atoms with E-state index in [1.165, 1.54) is 135 Å². The molecule has 0 heteroatoms. The number of unbranched alkanes of at least 4 members (excludes halogenated alkanes) is 15. The topological polar surface area (TPSA) is 0 Å². The SMILES string of the molecule is CCCCCCCCCCC(C)CCCCCCCCCCCC(C)CC. The normalized spacial score (nSPS) is 13.8. The highest BCUT2D eigenvalue weighted by molar-refractivity contribution is 4.56. The van der Waals surface area contributed by atoms with Crippen LogP contribution in [0, 0.1) is 11.8 Å². The lowest BCUT2D eigenvalue weighted by molar-refractivity contribution is 0.429. The number of hydrogen-bond acceptors (Lipinski definition) is 0. The van der Waals surface area contributed by atoms with Crippen LogP contribution >= 0.6 is 0 Å². The molecule has 0 aromatic carbocycles. The summed E-state index contributed by atoms with van der Waals surface area (Å²) in [6.45, 7) is 9.51. The molecule has 0 aliphatic heterocycles. The Morgan fingerprint density at radius 2 is 0.667 bits per heavy atom. The highest BCUT2D eigenvalue weighted by Crippen LogP contribution is 2.19. The van der Waals surface area contributed by atoms with Crippen molar-refractivity contribution in [1.82, 2.24) is 0 Å².